The van der Waals surface area contributed by atoms with Gasteiger partial charge in [0.05, 0.1) is 0 Å². The lowest BCUT2D eigenvalue weighted by Gasteiger charge is -2.18. The van der Waals surface area contributed by atoms with Crippen molar-refractivity contribution in [1.82, 2.24) is 5.32 Å². The number of aryl methyl sites for hydroxylation is 1. The molecule has 1 N–H and O–H groups in total. The van der Waals surface area contributed by atoms with Crippen LogP contribution >= 0.6 is 38.9 Å². The molecule has 0 amide bonds. The third-order valence-electron chi connectivity index (χ3n) is 3.18. The summed E-state index contributed by atoms with van der Waals surface area (Å²) >= 11 is 11.7. The van der Waals surface area contributed by atoms with E-state index < -0.39 is 0 Å². The Morgan fingerprint density at radius 2 is 2.10 bits per heavy atom. The van der Waals surface area contributed by atoms with Crippen LogP contribution in [0.2, 0.25) is 5.02 Å². The molecule has 2 rings (SSSR count). The molecule has 0 aliphatic rings. The highest BCUT2D eigenvalue weighted by molar-refractivity contribution is 9.10. The van der Waals surface area contributed by atoms with Crippen molar-refractivity contribution in [1.29, 1.82) is 0 Å². The zero-order chi connectivity index (χ0) is 14.5. The first-order valence-electron chi connectivity index (χ1n) is 6.83. The topological polar surface area (TPSA) is 12.0 Å². The maximum Gasteiger partial charge on any atom is 0.0456 e. The summed E-state index contributed by atoms with van der Waals surface area (Å²) in [6.45, 7) is 5.36. The summed E-state index contributed by atoms with van der Waals surface area (Å²) in [5.41, 5.74) is 1.19. The van der Waals surface area contributed by atoms with E-state index in [9.17, 15) is 0 Å². The van der Waals surface area contributed by atoms with Crippen molar-refractivity contribution in [2.24, 2.45) is 0 Å². The Balaban J connectivity index is 2.18. The van der Waals surface area contributed by atoms with Gasteiger partial charge in [0.15, 0.2) is 0 Å². The molecule has 0 radical (unpaired) electrons. The summed E-state index contributed by atoms with van der Waals surface area (Å²) in [6, 6.07) is 10.9. The van der Waals surface area contributed by atoms with Crippen LogP contribution in [0.4, 0.5) is 0 Å². The van der Waals surface area contributed by atoms with Crippen LogP contribution in [0.5, 0.6) is 0 Å². The minimum Gasteiger partial charge on any atom is -0.309 e. The first-order valence-corrected chi connectivity index (χ1v) is 8.82. The van der Waals surface area contributed by atoms with Gasteiger partial charge in [0.25, 0.3) is 0 Å². The molecule has 1 unspecified atom stereocenters. The maximum absolute atomic E-state index is 6.35. The van der Waals surface area contributed by atoms with Crippen LogP contribution in [0, 0.1) is 6.92 Å². The van der Waals surface area contributed by atoms with E-state index in [1.165, 1.54) is 15.3 Å². The van der Waals surface area contributed by atoms with Gasteiger partial charge in [-0.05, 0) is 56.1 Å². The standard InChI is InChI=1S/C16H19BrClNS/c1-3-8-19-15(16-7-4-11(2)20-16)9-12-5-6-13(17)10-14(12)18/h4-7,10,15,19H,3,8-9H2,1-2H3. The molecule has 0 saturated heterocycles. The van der Waals surface area contributed by atoms with Gasteiger partial charge in [0, 0.05) is 25.3 Å². The van der Waals surface area contributed by atoms with Crippen LogP contribution in [0.1, 0.15) is 34.7 Å². The summed E-state index contributed by atoms with van der Waals surface area (Å²) in [5.74, 6) is 0. The van der Waals surface area contributed by atoms with Crippen molar-refractivity contribution in [3.05, 3.63) is 55.1 Å². The largest absolute Gasteiger partial charge is 0.309 e. The second-order valence-electron chi connectivity index (χ2n) is 4.89. The van der Waals surface area contributed by atoms with Crippen LogP contribution in [0.25, 0.3) is 0 Å². The zero-order valence-electron chi connectivity index (χ0n) is 11.7. The first kappa shape index (κ1) is 16.0. The minimum atomic E-state index is 0.340. The second kappa shape index (κ2) is 7.60. The van der Waals surface area contributed by atoms with E-state index in [1.54, 1.807) is 0 Å². The average molecular weight is 373 g/mol. The summed E-state index contributed by atoms with van der Waals surface area (Å²) in [5, 5.41) is 4.46. The predicted molar refractivity (Wildman–Crippen MR) is 92.9 cm³/mol. The van der Waals surface area contributed by atoms with Gasteiger partial charge in [-0.15, -0.1) is 11.3 Å². The van der Waals surface area contributed by atoms with Crippen molar-refractivity contribution in [3.8, 4) is 0 Å². The molecule has 1 heterocycles. The van der Waals surface area contributed by atoms with Crippen molar-refractivity contribution in [2.75, 3.05) is 6.54 Å². The minimum absolute atomic E-state index is 0.340. The highest BCUT2D eigenvalue weighted by Crippen LogP contribution is 2.29. The molecule has 1 aromatic heterocycles. The summed E-state index contributed by atoms with van der Waals surface area (Å²) < 4.78 is 1.02. The van der Waals surface area contributed by atoms with E-state index in [0.717, 1.165) is 28.9 Å². The molecule has 0 aliphatic carbocycles. The van der Waals surface area contributed by atoms with Crippen molar-refractivity contribution in [2.45, 2.75) is 32.7 Å². The number of hydrogen-bond donors (Lipinski definition) is 1. The van der Waals surface area contributed by atoms with Crippen molar-refractivity contribution < 1.29 is 0 Å². The fourth-order valence-electron chi connectivity index (χ4n) is 2.14. The molecule has 1 nitrogen and oxygen atoms in total. The lowest BCUT2D eigenvalue weighted by molar-refractivity contribution is 0.536. The molecule has 108 valence electrons. The number of halogens is 2. The number of nitrogens with one attached hydrogen (secondary N) is 1. The van der Waals surface area contributed by atoms with Gasteiger partial charge in [-0.2, -0.15) is 0 Å². The highest BCUT2D eigenvalue weighted by Gasteiger charge is 2.15. The second-order valence-corrected chi connectivity index (χ2v) is 7.54. The SMILES string of the molecule is CCCNC(Cc1ccc(Br)cc1Cl)c1ccc(C)s1. The van der Waals surface area contributed by atoms with E-state index in [4.69, 9.17) is 11.6 Å². The Kier molecular flexibility index (Phi) is 6.09. The van der Waals surface area contributed by atoms with E-state index in [2.05, 4.69) is 59.4 Å². The quantitative estimate of drug-likeness (QED) is 0.680. The maximum atomic E-state index is 6.35. The first-order chi connectivity index (χ1) is 9.60. The van der Waals surface area contributed by atoms with Gasteiger partial charge < -0.3 is 5.32 Å². The van der Waals surface area contributed by atoms with Crippen molar-refractivity contribution >= 4 is 38.9 Å². The Hall–Kier alpha value is -0.350. The fourth-order valence-corrected chi connectivity index (χ4v) is 3.84. The molecular formula is C16H19BrClNS. The average Bonchev–Trinajstić information content (AvgIpc) is 2.83. The summed E-state index contributed by atoms with van der Waals surface area (Å²) in [6.07, 6.45) is 2.06. The molecular weight excluding hydrogens is 354 g/mol. The Labute approximate surface area is 138 Å². The fraction of sp³-hybridized carbons (Fsp3) is 0.375. The molecule has 2 aromatic rings. The molecule has 0 fully saturated rings. The van der Waals surface area contributed by atoms with Crippen LogP contribution < -0.4 is 5.32 Å². The smallest absolute Gasteiger partial charge is 0.0456 e. The summed E-state index contributed by atoms with van der Waals surface area (Å²) in [4.78, 5) is 2.74. The summed E-state index contributed by atoms with van der Waals surface area (Å²) in [7, 11) is 0. The molecule has 1 atom stereocenters. The third kappa shape index (κ3) is 4.32. The Morgan fingerprint density at radius 1 is 1.30 bits per heavy atom. The van der Waals surface area contributed by atoms with Gasteiger partial charge in [-0.25, -0.2) is 0 Å². The van der Waals surface area contributed by atoms with Crippen LogP contribution in [-0.4, -0.2) is 6.54 Å². The predicted octanol–water partition coefficient (Wildman–Crippen LogP) is 5.76. The Morgan fingerprint density at radius 3 is 2.70 bits per heavy atom. The highest BCUT2D eigenvalue weighted by atomic mass is 79.9. The normalized spacial score (nSPS) is 12.6. The van der Waals surface area contributed by atoms with Gasteiger partial charge in [-0.3, -0.25) is 0 Å². The molecule has 20 heavy (non-hydrogen) atoms. The van der Waals surface area contributed by atoms with Gasteiger partial charge >= 0.3 is 0 Å². The van der Waals surface area contributed by atoms with E-state index in [1.807, 2.05) is 17.4 Å². The van der Waals surface area contributed by atoms with Gasteiger partial charge in [-0.1, -0.05) is 40.5 Å². The van der Waals surface area contributed by atoms with E-state index in [-0.39, 0.29) is 0 Å². The molecule has 0 aliphatic heterocycles. The van der Waals surface area contributed by atoms with Crippen molar-refractivity contribution in [3.63, 3.8) is 0 Å². The zero-order valence-corrected chi connectivity index (χ0v) is 14.9. The molecule has 4 heteroatoms. The molecule has 1 aromatic carbocycles. The molecule has 0 saturated carbocycles. The number of rotatable bonds is 6. The Bertz CT molecular complexity index is 567. The third-order valence-corrected chi connectivity index (χ3v) is 5.14. The van der Waals surface area contributed by atoms with Gasteiger partial charge in [0.2, 0.25) is 0 Å². The van der Waals surface area contributed by atoms with E-state index >= 15 is 0 Å². The van der Waals surface area contributed by atoms with Crippen LogP contribution in [-0.2, 0) is 6.42 Å². The molecule has 0 bridgehead atoms. The lowest BCUT2D eigenvalue weighted by atomic mass is 10.0. The number of benzene rings is 1. The van der Waals surface area contributed by atoms with Crippen LogP contribution in [0.3, 0.4) is 0 Å². The lowest BCUT2D eigenvalue weighted by Crippen LogP contribution is -2.23. The number of thiophene rings is 1. The monoisotopic (exact) mass is 371 g/mol. The van der Waals surface area contributed by atoms with Gasteiger partial charge in [0.1, 0.15) is 0 Å². The molecule has 0 spiro atoms. The van der Waals surface area contributed by atoms with Crippen LogP contribution in [0.15, 0.2) is 34.8 Å². The van der Waals surface area contributed by atoms with E-state index in [0.29, 0.717) is 6.04 Å². The number of hydrogen-bond acceptors (Lipinski definition) is 2.